The van der Waals surface area contributed by atoms with Crippen molar-refractivity contribution in [3.63, 3.8) is 0 Å². The summed E-state index contributed by atoms with van der Waals surface area (Å²) in [6, 6.07) is 10.8. The van der Waals surface area contributed by atoms with E-state index in [1.165, 1.54) is 33.9 Å². The van der Waals surface area contributed by atoms with Crippen molar-refractivity contribution in [2.45, 2.75) is 12.8 Å². The Morgan fingerprint density at radius 2 is 2.08 bits per heavy atom. The van der Waals surface area contributed by atoms with Gasteiger partial charge in [0.15, 0.2) is 10.9 Å². The molecule has 1 aliphatic carbocycles. The third kappa shape index (κ3) is 2.19. The van der Waals surface area contributed by atoms with Crippen molar-refractivity contribution >= 4 is 49.2 Å². The van der Waals surface area contributed by atoms with Crippen LogP contribution in [0.2, 0.25) is 0 Å². The van der Waals surface area contributed by atoms with Crippen molar-refractivity contribution in [1.29, 1.82) is 0 Å². The number of carbonyl (C=O) groups excluding carboxylic acids is 1. The lowest BCUT2D eigenvalue weighted by Gasteiger charge is -2.02. The Kier molecular flexibility index (Phi) is 3.10. The second kappa shape index (κ2) is 5.37. The van der Waals surface area contributed by atoms with Crippen LogP contribution in [0, 0.1) is 10.1 Å². The average Bonchev–Trinajstić information content (AvgIpc) is 3.34. The van der Waals surface area contributed by atoms with Crippen LogP contribution in [0.4, 0.5) is 11.0 Å². The minimum atomic E-state index is -0.682. The number of benzene rings is 2. The molecule has 0 saturated heterocycles. The zero-order valence-corrected chi connectivity index (χ0v) is 14.1. The molecule has 26 heavy (non-hydrogen) atoms. The Balaban J connectivity index is 1.54. The molecule has 0 radical (unpaired) electrons. The summed E-state index contributed by atoms with van der Waals surface area (Å²) in [6.45, 7) is 0. The van der Waals surface area contributed by atoms with E-state index in [1.807, 2.05) is 6.07 Å². The van der Waals surface area contributed by atoms with Crippen LogP contribution in [-0.2, 0) is 12.8 Å². The summed E-state index contributed by atoms with van der Waals surface area (Å²) in [5.74, 6) is -1.15. The Morgan fingerprint density at radius 3 is 2.88 bits per heavy atom. The van der Waals surface area contributed by atoms with Crippen molar-refractivity contribution in [3.8, 4) is 0 Å². The number of carbonyl (C=O) groups is 1. The maximum atomic E-state index is 12.3. The largest absolute Gasteiger partial charge is 0.433 e. The molecule has 1 N–H and O–H groups in total. The number of fused-ring (bicyclic) bond motifs is 2. The predicted molar refractivity (Wildman–Crippen MR) is 97.8 cm³/mol. The van der Waals surface area contributed by atoms with Gasteiger partial charge in [-0.05, 0) is 41.5 Å². The highest BCUT2D eigenvalue weighted by atomic mass is 32.1. The number of hydrogen-bond acceptors (Lipinski definition) is 6. The summed E-state index contributed by atoms with van der Waals surface area (Å²) < 4.78 is 5.94. The summed E-state index contributed by atoms with van der Waals surface area (Å²) in [4.78, 5) is 26.8. The van der Waals surface area contributed by atoms with Crippen molar-refractivity contribution < 1.29 is 14.1 Å². The maximum Gasteiger partial charge on any atom is 0.433 e. The van der Waals surface area contributed by atoms with Crippen molar-refractivity contribution in [3.05, 3.63) is 63.4 Å². The molecule has 5 rings (SSSR count). The standard InChI is InChI=1S/C18H11N3O4S/c22-17(12-6-7-14(25-12)21(23)24)20-18-19-16-11-3-1-2-9-4-5-10(15(9)11)8-13(16)26-18/h1-3,6-8H,4-5H2,(H,19,20,22). The van der Waals surface area contributed by atoms with Crippen molar-refractivity contribution in [2.24, 2.45) is 0 Å². The van der Waals surface area contributed by atoms with Gasteiger partial charge >= 0.3 is 5.88 Å². The molecule has 0 fully saturated rings. The SMILES string of the molecule is O=C(Nc1nc2c(cc3c4c(cccc42)CC3)s1)c1ccc([N+](=O)[O-])o1. The van der Waals surface area contributed by atoms with Gasteiger partial charge in [0, 0.05) is 5.39 Å². The molecule has 2 aromatic carbocycles. The number of nitrogens with one attached hydrogen (secondary N) is 1. The highest BCUT2D eigenvalue weighted by molar-refractivity contribution is 7.22. The zero-order valence-electron chi connectivity index (χ0n) is 13.3. The molecule has 2 aromatic heterocycles. The number of furan rings is 1. The number of aryl methyl sites for hydroxylation is 2. The van der Waals surface area contributed by atoms with E-state index in [1.54, 1.807) is 0 Å². The number of nitro groups is 1. The van der Waals surface area contributed by atoms with Crippen LogP contribution in [0.15, 0.2) is 40.8 Å². The number of thiazole rings is 1. The summed E-state index contributed by atoms with van der Waals surface area (Å²) in [5.41, 5.74) is 3.50. The van der Waals surface area contributed by atoms with E-state index < -0.39 is 16.7 Å². The van der Waals surface area contributed by atoms with Crippen LogP contribution in [0.25, 0.3) is 21.0 Å². The monoisotopic (exact) mass is 365 g/mol. The molecule has 1 aliphatic rings. The first-order valence-electron chi connectivity index (χ1n) is 8.00. The van der Waals surface area contributed by atoms with E-state index in [2.05, 4.69) is 28.5 Å². The molecule has 1 amide bonds. The topological polar surface area (TPSA) is 98.3 Å². The lowest BCUT2D eigenvalue weighted by molar-refractivity contribution is -0.402. The van der Waals surface area contributed by atoms with Crippen molar-refractivity contribution in [2.75, 3.05) is 5.32 Å². The number of nitrogens with zero attached hydrogens (tertiary/aromatic N) is 2. The third-order valence-corrected chi connectivity index (χ3v) is 5.48. The number of amides is 1. The molecule has 0 saturated carbocycles. The van der Waals surface area contributed by atoms with Crippen molar-refractivity contribution in [1.82, 2.24) is 4.98 Å². The fraction of sp³-hybridized carbons (Fsp3) is 0.111. The molecule has 8 heteroatoms. The van der Waals surface area contributed by atoms with Gasteiger partial charge in [0.05, 0.1) is 16.3 Å². The average molecular weight is 365 g/mol. The number of rotatable bonds is 3. The highest BCUT2D eigenvalue weighted by Crippen LogP contribution is 2.39. The second-order valence-corrected chi connectivity index (χ2v) is 7.12. The van der Waals surface area contributed by atoms with E-state index in [0.29, 0.717) is 5.13 Å². The van der Waals surface area contributed by atoms with Crippen LogP contribution in [0.5, 0.6) is 0 Å². The molecule has 2 heterocycles. The van der Waals surface area contributed by atoms with Gasteiger partial charge in [-0.1, -0.05) is 29.5 Å². The van der Waals surface area contributed by atoms with E-state index in [0.717, 1.165) is 34.5 Å². The molecular formula is C18H11N3O4S. The molecule has 4 aromatic rings. The van der Waals surface area contributed by atoms with Crippen LogP contribution in [-0.4, -0.2) is 15.8 Å². The van der Waals surface area contributed by atoms with E-state index in [9.17, 15) is 14.9 Å². The van der Waals surface area contributed by atoms with Gasteiger partial charge in [-0.3, -0.25) is 20.2 Å². The Hall–Kier alpha value is -3.26. The molecule has 0 aliphatic heterocycles. The second-order valence-electron chi connectivity index (χ2n) is 6.09. The number of aromatic nitrogens is 1. The fourth-order valence-corrected chi connectivity index (χ4v) is 4.41. The van der Waals surface area contributed by atoms with Crippen LogP contribution in [0.1, 0.15) is 21.7 Å². The molecule has 0 atom stereocenters. The molecule has 0 bridgehead atoms. The van der Waals surface area contributed by atoms with E-state index >= 15 is 0 Å². The van der Waals surface area contributed by atoms with Gasteiger partial charge in [0.1, 0.15) is 4.92 Å². The first-order chi connectivity index (χ1) is 12.6. The summed E-state index contributed by atoms with van der Waals surface area (Å²) in [7, 11) is 0. The summed E-state index contributed by atoms with van der Waals surface area (Å²) in [5, 5.41) is 16.1. The van der Waals surface area contributed by atoms with Gasteiger partial charge in [0.25, 0.3) is 5.91 Å². The van der Waals surface area contributed by atoms with Crippen LogP contribution >= 0.6 is 11.3 Å². The molecule has 0 unspecified atom stereocenters. The van der Waals surface area contributed by atoms with Crippen LogP contribution < -0.4 is 5.32 Å². The zero-order chi connectivity index (χ0) is 17.8. The Labute approximate surface area is 150 Å². The third-order valence-electron chi connectivity index (χ3n) is 4.57. The maximum absolute atomic E-state index is 12.3. The minimum absolute atomic E-state index is 0.120. The van der Waals surface area contributed by atoms with Gasteiger partial charge in [-0.25, -0.2) is 4.98 Å². The Bertz CT molecular complexity index is 1220. The molecule has 7 nitrogen and oxygen atoms in total. The molecular weight excluding hydrogens is 354 g/mol. The quantitative estimate of drug-likeness (QED) is 0.431. The van der Waals surface area contributed by atoms with Gasteiger partial charge < -0.3 is 4.42 Å². The summed E-state index contributed by atoms with van der Waals surface area (Å²) in [6.07, 6.45) is 2.06. The first kappa shape index (κ1) is 15.0. The summed E-state index contributed by atoms with van der Waals surface area (Å²) >= 11 is 1.38. The number of hydrogen-bond donors (Lipinski definition) is 1. The van der Waals surface area contributed by atoms with Gasteiger partial charge in [-0.2, -0.15) is 0 Å². The lowest BCUT2D eigenvalue weighted by Crippen LogP contribution is -2.10. The van der Waals surface area contributed by atoms with E-state index in [-0.39, 0.29) is 5.76 Å². The fourth-order valence-electron chi connectivity index (χ4n) is 3.46. The number of anilines is 1. The molecule has 0 spiro atoms. The lowest BCUT2D eigenvalue weighted by atomic mass is 10.0. The predicted octanol–water partition coefficient (Wildman–Crippen LogP) is 4.30. The minimum Gasteiger partial charge on any atom is -0.395 e. The smallest absolute Gasteiger partial charge is 0.395 e. The van der Waals surface area contributed by atoms with Crippen LogP contribution in [0.3, 0.4) is 0 Å². The van der Waals surface area contributed by atoms with Gasteiger partial charge in [-0.15, -0.1) is 0 Å². The normalized spacial score (nSPS) is 12.8. The molecule has 128 valence electrons. The van der Waals surface area contributed by atoms with Gasteiger partial charge in [0.2, 0.25) is 0 Å². The van der Waals surface area contributed by atoms with E-state index in [4.69, 9.17) is 4.42 Å². The Morgan fingerprint density at radius 1 is 1.23 bits per heavy atom. The highest BCUT2D eigenvalue weighted by Gasteiger charge is 2.21. The first-order valence-corrected chi connectivity index (χ1v) is 8.81.